The van der Waals surface area contributed by atoms with E-state index >= 15 is 0 Å². The average Bonchev–Trinajstić information content (AvgIpc) is 3.23. The Labute approximate surface area is 163 Å². The summed E-state index contributed by atoms with van der Waals surface area (Å²) in [5.74, 6) is 1.25. The molecule has 1 aliphatic carbocycles. The molecule has 1 unspecified atom stereocenters. The van der Waals surface area contributed by atoms with Gasteiger partial charge < -0.3 is 4.74 Å². The zero-order valence-corrected chi connectivity index (χ0v) is 16.7. The molecule has 0 radical (unpaired) electrons. The lowest BCUT2D eigenvalue weighted by Crippen LogP contribution is -2.54. The van der Waals surface area contributed by atoms with Crippen LogP contribution in [-0.4, -0.2) is 35.8 Å². The highest BCUT2D eigenvalue weighted by atomic mass is 16.7. The molecule has 1 aromatic rings. The number of hydroxylamine groups is 2. The van der Waals surface area contributed by atoms with Gasteiger partial charge in [-0.2, -0.15) is 5.06 Å². The number of carbonyl (C=O) groups excluding carboxylic acids is 1. The first-order valence-corrected chi connectivity index (χ1v) is 10.9. The molecule has 2 bridgehead atoms. The van der Waals surface area contributed by atoms with E-state index in [0.717, 1.165) is 12.8 Å². The molecule has 4 heteroatoms. The van der Waals surface area contributed by atoms with Gasteiger partial charge in [-0.1, -0.05) is 56.5 Å². The predicted octanol–water partition coefficient (Wildman–Crippen LogP) is 4.38. The Bertz CT molecular complexity index is 628. The van der Waals surface area contributed by atoms with Gasteiger partial charge >= 0.3 is 5.97 Å². The molecule has 1 saturated carbocycles. The predicted molar refractivity (Wildman–Crippen MR) is 105 cm³/mol. The van der Waals surface area contributed by atoms with Crippen LogP contribution in [0.25, 0.3) is 0 Å². The SMILES string of the molecule is CCOC(=O)[C@@H]1[C@@H](C)[C@H]2ON1[C@H](C1CCCCC1)[C@H]2CCc1ccccc1. The summed E-state index contributed by atoms with van der Waals surface area (Å²) in [4.78, 5) is 19.0. The van der Waals surface area contributed by atoms with Crippen molar-refractivity contribution in [3.63, 3.8) is 0 Å². The number of aryl methyl sites for hydroxylation is 1. The number of piperidine rings is 1. The molecule has 1 aromatic carbocycles. The molecule has 6 atom stereocenters. The highest BCUT2D eigenvalue weighted by Crippen LogP contribution is 2.50. The topological polar surface area (TPSA) is 38.8 Å². The Hall–Kier alpha value is -1.39. The minimum Gasteiger partial charge on any atom is -0.465 e. The van der Waals surface area contributed by atoms with Gasteiger partial charge in [-0.05, 0) is 44.1 Å². The molecule has 0 spiro atoms. The van der Waals surface area contributed by atoms with E-state index in [2.05, 4.69) is 42.3 Å². The molecule has 2 heterocycles. The molecular formula is C23H33NO3. The fraction of sp³-hybridized carbons (Fsp3) is 0.696. The van der Waals surface area contributed by atoms with Crippen molar-refractivity contribution >= 4 is 5.97 Å². The van der Waals surface area contributed by atoms with Crippen molar-refractivity contribution in [1.82, 2.24) is 5.06 Å². The maximum absolute atomic E-state index is 12.6. The first-order chi connectivity index (χ1) is 13.2. The van der Waals surface area contributed by atoms with Crippen LogP contribution in [-0.2, 0) is 20.8 Å². The largest absolute Gasteiger partial charge is 0.465 e. The highest BCUT2D eigenvalue weighted by Gasteiger charge is 2.60. The summed E-state index contributed by atoms with van der Waals surface area (Å²) in [6, 6.07) is 10.9. The van der Waals surface area contributed by atoms with E-state index in [4.69, 9.17) is 9.57 Å². The van der Waals surface area contributed by atoms with Crippen molar-refractivity contribution in [2.45, 2.75) is 77.0 Å². The third-order valence-corrected chi connectivity index (χ3v) is 6.96. The van der Waals surface area contributed by atoms with E-state index in [1.165, 1.54) is 37.7 Å². The molecule has 0 amide bonds. The molecular weight excluding hydrogens is 338 g/mol. The maximum atomic E-state index is 12.6. The Morgan fingerprint density at radius 1 is 1.19 bits per heavy atom. The van der Waals surface area contributed by atoms with Crippen LogP contribution in [0.1, 0.15) is 57.9 Å². The number of hydrogen-bond acceptors (Lipinski definition) is 4. The molecule has 148 valence electrons. The molecule has 2 saturated heterocycles. The van der Waals surface area contributed by atoms with Gasteiger partial charge in [0, 0.05) is 17.9 Å². The van der Waals surface area contributed by atoms with Gasteiger partial charge in [0.2, 0.25) is 0 Å². The van der Waals surface area contributed by atoms with Crippen molar-refractivity contribution < 1.29 is 14.4 Å². The van der Waals surface area contributed by atoms with Gasteiger partial charge in [-0.3, -0.25) is 9.63 Å². The van der Waals surface area contributed by atoms with Crippen LogP contribution in [0.5, 0.6) is 0 Å². The highest BCUT2D eigenvalue weighted by molar-refractivity contribution is 5.76. The van der Waals surface area contributed by atoms with Crippen molar-refractivity contribution in [1.29, 1.82) is 0 Å². The summed E-state index contributed by atoms with van der Waals surface area (Å²) in [7, 11) is 0. The summed E-state index contributed by atoms with van der Waals surface area (Å²) >= 11 is 0. The molecule has 0 aromatic heterocycles. The molecule has 4 nitrogen and oxygen atoms in total. The summed E-state index contributed by atoms with van der Waals surface area (Å²) < 4.78 is 5.39. The third kappa shape index (κ3) is 3.66. The van der Waals surface area contributed by atoms with Crippen molar-refractivity contribution in [2.75, 3.05) is 6.61 Å². The van der Waals surface area contributed by atoms with Gasteiger partial charge in [0.1, 0.15) is 6.04 Å². The van der Waals surface area contributed by atoms with Crippen LogP contribution in [0.3, 0.4) is 0 Å². The smallest absolute Gasteiger partial charge is 0.326 e. The number of ether oxygens (including phenoxy) is 1. The van der Waals surface area contributed by atoms with Crippen LogP contribution in [0.2, 0.25) is 0 Å². The Morgan fingerprint density at radius 2 is 1.93 bits per heavy atom. The minimum atomic E-state index is -0.227. The quantitative estimate of drug-likeness (QED) is 0.696. The zero-order valence-electron chi connectivity index (χ0n) is 16.7. The summed E-state index contributed by atoms with van der Waals surface area (Å²) in [5, 5.41) is 2.08. The fourth-order valence-electron chi connectivity index (χ4n) is 5.71. The van der Waals surface area contributed by atoms with E-state index in [0.29, 0.717) is 24.5 Å². The normalized spacial score (nSPS) is 36.1. The number of fused-ring (bicyclic) bond motifs is 2. The molecule has 4 rings (SSSR count). The maximum Gasteiger partial charge on any atom is 0.326 e. The summed E-state index contributed by atoms with van der Waals surface area (Å²) in [6.45, 7) is 4.48. The standard InChI is InChI=1S/C23H33NO3/c1-3-26-23(25)20-16(2)22-19(15-14-17-10-6-4-7-11-17)21(24(20)27-22)18-12-8-5-9-13-18/h4,6-7,10-11,16,18-22H,3,5,8-9,12-15H2,1-2H3/t16-,19-,20+,21-,22-/m1/s1. The van der Waals surface area contributed by atoms with E-state index in [9.17, 15) is 4.79 Å². The van der Waals surface area contributed by atoms with E-state index in [1.54, 1.807) is 0 Å². The second-order valence-corrected chi connectivity index (χ2v) is 8.56. The number of esters is 1. The van der Waals surface area contributed by atoms with Gasteiger partial charge in [0.05, 0.1) is 12.7 Å². The number of carbonyl (C=O) groups is 1. The van der Waals surface area contributed by atoms with Crippen LogP contribution in [0, 0.1) is 17.8 Å². The molecule has 2 aliphatic heterocycles. The molecule has 3 fully saturated rings. The lowest BCUT2D eigenvalue weighted by Gasteiger charge is -2.41. The lowest BCUT2D eigenvalue weighted by molar-refractivity contribution is -0.176. The molecule has 3 aliphatic rings. The first kappa shape index (κ1) is 18.9. The zero-order chi connectivity index (χ0) is 18.8. The summed E-state index contributed by atoms with van der Waals surface area (Å²) in [5.41, 5.74) is 1.40. The van der Waals surface area contributed by atoms with E-state index in [-0.39, 0.29) is 24.0 Å². The number of benzene rings is 1. The minimum absolute atomic E-state index is 0.102. The Balaban J connectivity index is 1.53. The second kappa shape index (κ2) is 8.32. The first-order valence-electron chi connectivity index (χ1n) is 10.9. The third-order valence-electron chi connectivity index (χ3n) is 6.96. The van der Waals surface area contributed by atoms with Crippen molar-refractivity contribution in [2.24, 2.45) is 17.8 Å². The van der Waals surface area contributed by atoms with Gasteiger partial charge in [-0.15, -0.1) is 0 Å². The number of rotatable bonds is 6. The fourth-order valence-corrected chi connectivity index (χ4v) is 5.71. The average molecular weight is 372 g/mol. The lowest BCUT2D eigenvalue weighted by atomic mass is 9.70. The van der Waals surface area contributed by atoms with Gasteiger partial charge in [0.15, 0.2) is 0 Å². The monoisotopic (exact) mass is 371 g/mol. The van der Waals surface area contributed by atoms with Crippen molar-refractivity contribution in [3.8, 4) is 0 Å². The summed E-state index contributed by atoms with van der Waals surface area (Å²) in [6.07, 6.45) is 8.86. The van der Waals surface area contributed by atoms with Crippen LogP contribution in [0.4, 0.5) is 0 Å². The Morgan fingerprint density at radius 3 is 2.63 bits per heavy atom. The molecule has 27 heavy (non-hydrogen) atoms. The molecule has 0 N–H and O–H groups in total. The Kier molecular flexibility index (Phi) is 5.84. The second-order valence-electron chi connectivity index (χ2n) is 8.56. The van der Waals surface area contributed by atoms with Crippen LogP contribution >= 0.6 is 0 Å². The van der Waals surface area contributed by atoms with Crippen molar-refractivity contribution in [3.05, 3.63) is 35.9 Å². The number of nitrogens with zero attached hydrogens (tertiary/aromatic N) is 1. The number of hydrogen-bond donors (Lipinski definition) is 0. The van der Waals surface area contributed by atoms with Gasteiger partial charge in [-0.25, -0.2) is 0 Å². The van der Waals surface area contributed by atoms with Crippen LogP contribution < -0.4 is 0 Å². The van der Waals surface area contributed by atoms with E-state index in [1.807, 2.05) is 6.92 Å². The van der Waals surface area contributed by atoms with Gasteiger partial charge in [0.25, 0.3) is 0 Å². The van der Waals surface area contributed by atoms with E-state index < -0.39 is 0 Å². The van der Waals surface area contributed by atoms with Crippen LogP contribution in [0.15, 0.2) is 30.3 Å².